The predicted octanol–water partition coefficient (Wildman–Crippen LogP) is 0.808. The van der Waals surface area contributed by atoms with E-state index >= 15 is 0 Å². The second kappa shape index (κ2) is 4.02. The van der Waals surface area contributed by atoms with E-state index in [2.05, 4.69) is 9.97 Å². The van der Waals surface area contributed by atoms with E-state index in [0.717, 1.165) is 6.20 Å². The van der Waals surface area contributed by atoms with Crippen molar-refractivity contribution in [1.29, 1.82) is 0 Å². The van der Waals surface area contributed by atoms with Gasteiger partial charge in [0.15, 0.2) is 5.52 Å². The molecule has 2 aromatic rings. The summed E-state index contributed by atoms with van der Waals surface area (Å²) in [7, 11) is 0. The van der Waals surface area contributed by atoms with Gasteiger partial charge in [0.05, 0.1) is 16.6 Å². The molecule has 0 saturated carbocycles. The summed E-state index contributed by atoms with van der Waals surface area (Å²) in [5.74, 6) is 0. The highest BCUT2D eigenvalue weighted by molar-refractivity contribution is 5.86. The fraction of sp³-hybridized carbons (Fsp3) is 0.182. The van der Waals surface area contributed by atoms with E-state index < -0.39 is 15.9 Å². The Hall–Kier alpha value is -2.57. The molecule has 1 N–H and O–H groups in total. The van der Waals surface area contributed by atoms with E-state index in [-0.39, 0.29) is 16.7 Å². The molecule has 0 unspecified atom stereocenters. The maximum atomic E-state index is 11.3. The number of nitro groups is 1. The van der Waals surface area contributed by atoms with Crippen molar-refractivity contribution in [1.82, 2.24) is 9.97 Å². The number of hydrogen-bond acceptors (Lipinski definition) is 5. The van der Waals surface area contributed by atoms with Gasteiger partial charge in [-0.15, -0.1) is 0 Å². The van der Waals surface area contributed by atoms with Crippen LogP contribution in [0, 0.1) is 24.0 Å². The molecule has 0 aliphatic rings. The highest BCUT2D eigenvalue weighted by Gasteiger charge is 2.19. The van der Waals surface area contributed by atoms with E-state index in [1.165, 1.54) is 0 Å². The third-order valence-electron chi connectivity index (χ3n) is 2.75. The number of nitro benzene ring substituents is 1. The van der Waals surface area contributed by atoms with Crippen molar-refractivity contribution in [2.45, 2.75) is 13.8 Å². The van der Waals surface area contributed by atoms with Gasteiger partial charge in [0.1, 0.15) is 0 Å². The average Bonchev–Trinajstić information content (AvgIpc) is 2.41. The van der Waals surface area contributed by atoms with Crippen LogP contribution in [0.4, 0.5) is 5.69 Å². The summed E-state index contributed by atoms with van der Waals surface area (Å²) in [4.78, 5) is 39.1. The summed E-state index contributed by atoms with van der Waals surface area (Å²) in [6.45, 7) is 3.28. The van der Waals surface area contributed by atoms with E-state index in [4.69, 9.17) is 0 Å². The molecule has 0 saturated heterocycles. The topological polar surface area (TPSA) is 106 Å². The Morgan fingerprint density at radius 3 is 2.61 bits per heavy atom. The Morgan fingerprint density at radius 2 is 2.00 bits per heavy atom. The largest absolute Gasteiger partial charge is 0.317 e. The van der Waals surface area contributed by atoms with Crippen LogP contribution in [0.5, 0.6) is 0 Å². The Balaban J connectivity index is 3.13. The zero-order valence-corrected chi connectivity index (χ0v) is 9.68. The Kier molecular flexibility index (Phi) is 2.66. The molecule has 0 bridgehead atoms. The van der Waals surface area contributed by atoms with Crippen molar-refractivity contribution in [3.63, 3.8) is 0 Å². The second-order valence-corrected chi connectivity index (χ2v) is 3.90. The highest BCUT2D eigenvalue weighted by Crippen LogP contribution is 2.28. The summed E-state index contributed by atoms with van der Waals surface area (Å²) in [5, 5.41) is 11.1. The van der Waals surface area contributed by atoms with E-state index in [9.17, 15) is 19.7 Å². The van der Waals surface area contributed by atoms with Crippen LogP contribution in [0.15, 0.2) is 21.9 Å². The molecular formula is C11H9N3O4. The number of aromatic amines is 1. The van der Waals surface area contributed by atoms with Crippen LogP contribution in [-0.4, -0.2) is 14.9 Å². The van der Waals surface area contributed by atoms with Gasteiger partial charge in [-0.05, 0) is 25.5 Å². The van der Waals surface area contributed by atoms with Gasteiger partial charge < -0.3 is 4.98 Å². The summed E-state index contributed by atoms with van der Waals surface area (Å²) in [5.41, 5.74) is -0.605. The quantitative estimate of drug-likeness (QED) is 0.456. The van der Waals surface area contributed by atoms with Crippen molar-refractivity contribution in [2.75, 3.05) is 0 Å². The molecule has 1 aromatic heterocycles. The van der Waals surface area contributed by atoms with Crippen molar-refractivity contribution in [2.24, 2.45) is 0 Å². The molecule has 92 valence electrons. The van der Waals surface area contributed by atoms with Gasteiger partial charge in [-0.1, -0.05) is 0 Å². The number of rotatable bonds is 1. The first kappa shape index (κ1) is 11.9. The van der Waals surface area contributed by atoms with Crippen LogP contribution in [0.25, 0.3) is 11.0 Å². The maximum absolute atomic E-state index is 11.3. The lowest BCUT2D eigenvalue weighted by Gasteiger charge is -2.02. The van der Waals surface area contributed by atoms with Crippen molar-refractivity contribution in [3.05, 3.63) is 54.1 Å². The normalized spacial score (nSPS) is 10.6. The van der Waals surface area contributed by atoms with Gasteiger partial charge in [0, 0.05) is 5.56 Å². The molecule has 0 spiro atoms. The van der Waals surface area contributed by atoms with Crippen LogP contribution in [0.3, 0.4) is 0 Å². The molecule has 0 radical (unpaired) electrons. The minimum Gasteiger partial charge on any atom is -0.317 e. The van der Waals surface area contributed by atoms with Crippen molar-refractivity contribution in [3.8, 4) is 0 Å². The predicted molar refractivity (Wildman–Crippen MR) is 64.8 cm³/mol. The van der Waals surface area contributed by atoms with Crippen LogP contribution in [-0.2, 0) is 0 Å². The number of aromatic nitrogens is 2. The fourth-order valence-corrected chi connectivity index (χ4v) is 1.70. The second-order valence-electron chi connectivity index (χ2n) is 3.90. The maximum Gasteiger partial charge on any atom is 0.300 e. The molecule has 7 nitrogen and oxygen atoms in total. The lowest BCUT2D eigenvalue weighted by molar-refractivity contribution is -0.383. The summed E-state index contributed by atoms with van der Waals surface area (Å²) in [6.07, 6.45) is 0.795. The Morgan fingerprint density at radius 1 is 1.33 bits per heavy atom. The molecule has 7 heteroatoms. The number of aryl methyl sites for hydroxylation is 1. The zero-order chi connectivity index (χ0) is 13.4. The monoisotopic (exact) mass is 247 g/mol. The molecule has 1 heterocycles. The molecule has 0 fully saturated rings. The third-order valence-corrected chi connectivity index (χ3v) is 2.75. The molecule has 0 amide bonds. The fourth-order valence-electron chi connectivity index (χ4n) is 1.70. The first-order valence-electron chi connectivity index (χ1n) is 5.09. The van der Waals surface area contributed by atoms with Gasteiger partial charge in [0.25, 0.3) is 16.7 Å². The van der Waals surface area contributed by atoms with E-state index in [1.54, 1.807) is 19.9 Å². The lowest BCUT2D eigenvalue weighted by Crippen LogP contribution is -2.22. The smallest absolute Gasteiger partial charge is 0.300 e. The number of fused-ring (bicyclic) bond motifs is 1. The van der Waals surface area contributed by atoms with Crippen LogP contribution < -0.4 is 11.0 Å². The lowest BCUT2D eigenvalue weighted by atomic mass is 10.1. The van der Waals surface area contributed by atoms with Gasteiger partial charge in [0.2, 0.25) is 0 Å². The first-order valence-corrected chi connectivity index (χ1v) is 5.09. The van der Waals surface area contributed by atoms with Crippen LogP contribution in [0.1, 0.15) is 11.1 Å². The van der Waals surface area contributed by atoms with Crippen LogP contribution in [0.2, 0.25) is 0 Å². The standard InChI is InChI=1S/C11H9N3O4/c1-5-3-7-9(10(6(5)2)14(17)18)12-4-8(15)11(16)13-7/h3-4H,1-2H3,(H,13,15,16). The van der Waals surface area contributed by atoms with Crippen molar-refractivity contribution < 1.29 is 4.92 Å². The molecule has 0 aliphatic carbocycles. The molecular weight excluding hydrogens is 238 g/mol. The van der Waals surface area contributed by atoms with Crippen molar-refractivity contribution >= 4 is 16.7 Å². The number of H-pyrrole nitrogens is 1. The first-order chi connectivity index (χ1) is 8.41. The number of nitrogens with zero attached hydrogens (tertiary/aromatic N) is 2. The van der Waals surface area contributed by atoms with Gasteiger partial charge >= 0.3 is 0 Å². The Bertz CT molecular complexity index is 779. The number of hydrogen-bond donors (Lipinski definition) is 1. The molecule has 0 atom stereocenters. The number of nitrogens with one attached hydrogen (secondary N) is 1. The van der Waals surface area contributed by atoms with E-state index in [0.29, 0.717) is 11.1 Å². The van der Waals surface area contributed by atoms with Gasteiger partial charge in [-0.3, -0.25) is 19.7 Å². The molecule has 1 aromatic carbocycles. The minimum absolute atomic E-state index is 0.00213. The zero-order valence-electron chi connectivity index (χ0n) is 9.68. The van der Waals surface area contributed by atoms with Gasteiger partial charge in [-0.25, -0.2) is 4.98 Å². The average molecular weight is 247 g/mol. The van der Waals surface area contributed by atoms with Crippen LogP contribution >= 0.6 is 0 Å². The SMILES string of the molecule is Cc1cc2[nH]c(=O)c(=O)cnc2c([N+](=O)[O-])c1C. The van der Waals surface area contributed by atoms with Gasteiger partial charge in [-0.2, -0.15) is 0 Å². The molecule has 0 aliphatic heterocycles. The summed E-state index contributed by atoms with van der Waals surface area (Å²) in [6, 6.07) is 1.56. The molecule has 2 rings (SSSR count). The third kappa shape index (κ3) is 1.75. The number of benzene rings is 1. The Labute approximate surface area is 100 Å². The minimum atomic E-state index is -0.852. The summed E-state index contributed by atoms with van der Waals surface area (Å²) < 4.78 is 0. The summed E-state index contributed by atoms with van der Waals surface area (Å²) >= 11 is 0. The highest BCUT2D eigenvalue weighted by atomic mass is 16.6. The molecule has 18 heavy (non-hydrogen) atoms. The van der Waals surface area contributed by atoms with E-state index in [1.807, 2.05) is 0 Å².